The summed E-state index contributed by atoms with van der Waals surface area (Å²) >= 11 is 0. The first-order valence-corrected chi connectivity index (χ1v) is 7.10. The smallest absolute Gasteiger partial charge is 0.259 e. The minimum Gasteiger partial charge on any atom is -0.294 e. The van der Waals surface area contributed by atoms with Gasteiger partial charge in [0.05, 0.1) is 11.7 Å². The Morgan fingerprint density at radius 3 is 2.24 bits per heavy atom. The van der Waals surface area contributed by atoms with Crippen molar-refractivity contribution in [1.29, 1.82) is 0 Å². The Morgan fingerprint density at radius 2 is 1.62 bits per heavy atom. The molecule has 1 fully saturated rings. The number of nitrogens with one attached hydrogen (secondary N) is 2. The number of hydrazine groups is 1. The highest BCUT2D eigenvalue weighted by atomic mass is 16.2. The molecule has 1 amide bonds. The van der Waals surface area contributed by atoms with Crippen LogP contribution in [0.25, 0.3) is 0 Å². The van der Waals surface area contributed by atoms with Crippen molar-refractivity contribution in [3.8, 4) is 0 Å². The SMILES string of the molecule is C[C@@H]1NC(C)(c2ccccc2)N(Nc2ccccc2)C1=O. The van der Waals surface area contributed by atoms with E-state index in [2.05, 4.69) is 10.7 Å². The van der Waals surface area contributed by atoms with Crippen LogP contribution < -0.4 is 10.7 Å². The van der Waals surface area contributed by atoms with Crippen molar-refractivity contribution in [1.82, 2.24) is 10.3 Å². The Hall–Kier alpha value is -2.33. The van der Waals surface area contributed by atoms with Crippen molar-refractivity contribution < 1.29 is 4.79 Å². The van der Waals surface area contributed by atoms with E-state index in [0.717, 1.165) is 11.3 Å². The summed E-state index contributed by atoms with van der Waals surface area (Å²) in [4.78, 5) is 12.5. The van der Waals surface area contributed by atoms with Gasteiger partial charge in [0, 0.05) is 0 Å². The summed E-state index contributed by atoms with van der Waals surface area (Å²) in [5, 5.41) is 5.06. The van der Waals surface area contributed by atoms with Crippen molar-refractivity contribution >= 4 is 11.6 Å². The van der Waals surface area contributed by atoms with Crippen LogP contribution in [0.1, 0.15) is 19.4 Å². The number of carbonyl (C=O) groups excluding carboxylic acids is 1. The molecule has 0 saturated carbocycles. The van der Waals surface area contributed by atoms with E-state index in [1.807, 2.05) is 74.5 Å². The largest absolute Gasteiger partial charge is 0.294 e. The molecule has 0 aromatic heterocycles. The van der Waals surface area contributed by atoms with Gasteiger partial charge < -0.3 is 0 Å². The maximum Gasteiger partial charge on any atom is 0.259 e. The van der Waals surface area contributed by atoms with Crippen LogP contribution in [0.15, 0.2) is 60.7 Å². The van der Waals surface area contributed by atoms with E-state index in [9.17, 15) is 4.79 Å². The summed E-state index contributed by atoms with van der Waals surface area (Å²) in [5.74, 6) is 0.0326. The molecular weight excluding hydrogens is 262 g/mol. The predicted octanol–water partition coefficient (Wildman–Crippen LogP) is 2.71. The van der Waals surface area contributed by atoms with Gasteiger partial charge in [-0.15, -0.1) is 0 Å². The monoisotopic (exact) mass is 281 g/mol. The van der Waals surface area contributed by atoms with Gasteiger partial charge in [-0.05, 0) is 31.5 Å². The van der Waals surface area contributed by atoms with E-state index in [1.165, 1.54) is 0 Å². The first kappa shape index (κ1) is 13.6. The zero-order valence-corrected chi connectivity index (χ0v) is 12.2. The van der Waals surface area contributed by atoms with Crippen molar-refractivity contribution in [2.45, 2.75) is 25.6 Å². The van der Waals surface area contributed by atoms with Gasteiger partial charge in [0.15, 0.2) is 0 Å². The number of rotatable bonds is 3. The molecule has 0 aliphatic carbocycles. The average molecular weight is 281 g/mol. The molecule has 3 rings (SSSR count). The lowest BCUT2D eigenvalue weighted by molar-refractivity contribution is -0.130. The minimum absolute atomic E-state index is 0.0326. The van der Waals surface area contributed by atoms with E-state index >= 15 is 0 Å². The molecule has 0 spiro atoms. The topological polar surface area (TPSA) is 44.4 Å². The van der Waals surface area contributed by atoms with Crippen LogP contribution in [0.2, 0.25) is 0 Å². The molecule has 2 aromatic carbocycles. The van der Waals surface area contributed by atoms with E-state index in [4.69, 9.17) is 0 Å². The summed E-state index contributed by atoms with van der Waals surface area (Å²) in [6.07, 6.45) is 0. The second-order valence-corrected chi connectivity index (χ2v) is 5.46. The number of nitrogens with zero attached hydrogens (tertiary/aromatic N) is 1. The van der Waals surface area contributed by atoms with Crippen LogP contribution in [0.5, 0.6) is 0 Å². The number of benzene rings is 2. The number of para-hydroxylation sites is 1. The lowest BCUT2D eigenvalue weighted by Gasteiger charge is -2.35. The molecule has 0 radical (unpaired) electrons. The summed E-state index contributed by atoms with van der Waals surface area (Å²) in [6.45, 7) is 3.90. The van der Waals surface area contributed by atoms with Crippen LogP contribution in [-0.2, 0) is 10.5 Å². The van der Waals surface area contributed by atoms with E-state index < -0.39 is 5.66 Å². The summed E-state index contributed by atoms with van der Waals surface area (Å²) in [6, 6.07) is 19.5. The molecule has 2 atom stereocenters. The van der Waals surface area contributed by atoms with Crippen LogP contribution >= 0.6 is 0 Å². The third-order valence-electron chi connectivity index (χ3n) is 3.89. The zero-order chi connectivity index (χ0) is 14.9. The van der Waals surface area contributed by atoms with Gasteiger partial charge in [0.25, 0.3) is 5.91 Å². The van der Waals surface area contributed by atoms with Gasteiger partial charge >= 0.3 is 0 Å². The highest BCUT2D eigenvalue weighted by Gasteiger charge is 2.47. The third-order valence-corrected chi connectivity index (χ3v) is 3.89. The van der Waals surface area contributed by atoms with Gasteiger partial charge in [-0.3, -0.25) is 15.5 Å². The molecule has 1 aliphatic rings. The Balaban J connectivity index is 1.97. The Labute approximate surface area is 124 Å². The molecule has 4 heteroatoms. The second kappa shape index (κ2) is 5.22. The minimum atomic E-state index is -0.576. The normalized spacial score (nSPS) is 25.1. The summed E-state index contributed by atoms with van der Waals surface area (Å²) in [5.41, 5.74) is 4.60. The van der Waals surface area contributed by atoms with Gasteiger partial charge in [-0.1, -0.05) is 48.5 Å². The molecule has 1 unspecified atom stereocenters. The van der Waals surface area contributed by atoms with E-state index in [1.54, 1.807) is 5.01 Å². The molecule has 4 nitrogen and oxygen atoms in total. The Kier molecular flexibility index (Phi) is 3.39. The maximum atomic E-state index is 12.5. The first-order valence-electron chi connectivity index (χ1n) is 7.10. The summed E-state index contributed by atoms with van der Waals surface area (Å²) in [7, 11) is 0. The van der Waals surface area contributed by atoms with Gasteiger partial charge in [-0.25, -0.2) is 5.01 Å². The van der Waals surface area contributed by atoms with Crippen molar-refractivity contribution in [2.75, 3.05) is 5.43 Å². The summed E-state index contributed by atoms with van der Waals surface area (Å²) < 4.78 is 0. The Bertz CT molecular complexity index is 629. The lowest BCUT2D eigenvalue weighted by atomic mass is 10.0. The van der Waals surface area contributed by atoms with Crippen LogP contribution in [0, 0.1) is 0 Å². The first-order chi connectivity index (χ1) is 10.1. The van der Waals surface area contributed by atoms with Gasteiger partial charge in [-0.2, -0.15) is 0 Å². The molecule has 108 valence electrons. The van der Waals surface area contributed by atoms with Gasteiger partial charge in [0.2, 0.25) is 0 Å². The van der Waals surface area contributed by atoms with Crippen molar-refractivity contribution in [2.24, 2.45) is 0 Å². The molecule has 2 aromatic rings. The number of carbonyl (C=O) groups is 1. The average Bonchev–Trinajstić information content (AvgIpc) is 2.74. The molecule has 1 aliphatic heterocycles. The zero-order valence-electron chi connectivity index (χ0n) is 12.2. The second-order valence-electron chi connectivity index (χ2n) is 5.46. The molecule has 1 saturated heterocycles. The van der Waals surface area contributed by atoms with E-state index in [0.29, 0.717) is 0 Å². The van der Waals surface area contributed by atoms with E-state index in [-0.39, 0.29) is 11.9 Å². The van der Waals surface area contributed by atoms with Crippen LogP contribution in [0.4, 0.5) is 5.69 Å². The highest BCUT2D eigenvalue weighted by molar-refractivity contribution is 5.86. The lowest BCUT2D eigenvalue weighted by Crippen LogP contribution is -2.49. The van der Waals surface area contributed by atoms with Gasteiger partial charge in [0.1, 0.15) is 5.66 Å². The third kappa shape index (κ3) is 2.38. The number of hydrogen-bond donors (Lipinski definition) is 2. The molecular formula is C17H19N3O. The van der Waals surface area contributed by atoms with Crippen LogP contribution in [0.3, 0.4) is 0 Å². The van der Waals surface area contributed by atoms with Crippen molar-refractivity contribution in [3.05, 3.63) is 66.2 Å². The fourth-order valence-corrected chi connectivity index (χ4v) is 2.75. The maximum absolute atomic E-state index is 12.5. The quantitative estimate of drug-likeness (QED) is 0.909. The number of hydrogen-bond acceptors (Lipinski definition) is 3. The van der Waals surface area contributed by atoms with Crippen molar-refractivity contribution in [3.63, 3.8) is 0 Å². The fourth-order valence-electron chi connectivity index (χ4n) is 2.75. The fraction of sp³-hybridized carbons (Fsp3) is 0.235. The standard InChI is InChI=1S/C17H19N3O/c1-13-16(21)20(19-15-11-7-4-8-12-15)17(2,18-13)14-9-5-3-6-10-14/h3-13,18-19H,1-2H3/t13-,17?/m0/s1. The Morgan fingerprint density at radius 1 is 1.05 bits per heavy atom. The molecule has 1 heterocycles. The predicted molar refractivity (Wildman–Crippen MR) is 83.3 cm³/mol. The molecule has 0 bridgehead atoms. The molecule has 21 heavy (non-hydrogen) atoms. The number of amides is 1. The highest BCUT2D eigenvalue weighted by Crippen LogP contribution is 2.31. The number of anilines is 1. The van der Waals surface area contributed by atoms with Crippen LogP contribution in [-0.4, -0.2) is 17.0 Å². The molecule has 2 N–H and O–H groups in total.